The summed E-state index contributed by atoms with van der Waals surface area (Å²) in [5.41, 5.74) is 0. The third-order valence-electron chi connectivity index (χ3n) is 10.8. The van der Waals surface area contributed by atoms with Crippen molar-refractivity contribution < 1.29 is 23.9 Å². The Balaban J connectivity index is 5.52. The van der Waals surface area contributed by atoms with E-state index >= 15 is 0 Å². The summed E-state index contributed by atoms with van der Waals surface area (Å²) in [5.74, 6) is -0.517. The normalized spacial score (nSPS) is 13.2. The van der Waals surface area contributed by atoms with Crippen LogP contribution in [0.25, 0.3) is 0 Å². The van der Waals surface area contributed by atoms with Crippen LogP contribution in [0.2, 0.25) is 0 Å². The Labute approximate surface area is 329 Å². The largest absolute Gasteiger partial charge is 0.464 e. The van der Waals surface area contributed by atoms with Crippen LogP contribution >= 0.6 is 0 Å². The molecule has 0 heterocycles. The molecule has 0 saturated heterocycles. The second-order valence-corrected chi connectivity index (χ2v) is 16.1. The highest BCUT2D eigenvalue weighted by Gasteiger charge is 2.26. The molecule has 0 bridgehead atoms. The van der Waals surface area contributed by atoms with Gasteiger partial charge in [0.2, 0.25) is 5.91 Å². The van der Waals surface area contributed by atoms with Crippen LogP contribution in [0.1, 0.15) is 215 Å². The molecular formula is C46H90N2O5. The van der Waals surface area contributed by atoms with Crippen molar-refractivity contribution in [1.82, 2.24) is 9.80 Å². The lowest BCUT2D eigenvalue weighted by Crippen LogP contribution is -2.44. The molecule has 0 N–H and O–H groups in total. The van der Waals surface area contributed by atoms with E-state index in [0.717, 1.165) is 90.1 Å². The molecule has 0 rings (SSSR count). The van der Waals surface area contributed by atoms with Crippen molar-refractivity contribution in [3.05, 3.63) is 0 Å². The molecule has 53 heavy (non-hydrogen) atoms. The first-order chi connectivity index (χ1) is 25.8. The highest BCUT2D eigenvalue weighted by molar-refractivity contribution is 5.79. The number of carbonyl (C=O) groups excluding carboxylic acids is 3. The molecule has 0 aliphatic heterocycles. The topological polar surface area (TPSA) is 76.1 Å². The maximum absolute atomic E-state index is 13.9. The summed E-state index contributed by atoms with van der Waals surface area (Å²) in [7, 11) is 0. The van der Waals surface area contributed by atoms with Gasteiger partial charge >= 0.3 is 11.9 Å². The summed E-state index contributed by atoms with van der Waals surface area (Å²) in [6.45, 7) is 18.9. The monoisotopic (exact) mass is 751 g/mol. The van der Waals surface area contributed by atoms with Crippen LogP contribution in [0.5, 0.6) is 0 Å². The highest BCUT2D eigenvalue weighted by atomic mass is 16.5. The van der Waals surface area contributed by atoms with Gasteiger partial charge in [-0.2, -0.15) is 0 Å². The average Bonchev–Trinajstić information content (AvgIpc) is 3.15. The first kappa shape index (κ1) is 51.4. The Morgan fingerprint density at radius 2 is 0.755 bits per heavy atom. The van der Waals surface area contributed by atoms with E-state index in [1.807, 2.05) is 6.92 Å². The molecule has 0 aromatic carbocycles. The van der Waals surface area contributed by atoms with Gasteiger partial charge in [-0.3, -0.25) is 14.4 Å². The summed E-state index contributed by atoms with van der Waals surface area (Å²) >= 11 is 0. The van der Waals surface area contributed by atoms with Gasteiger partial charge in [0.1, 0.15) is 13.2 Å². The standard InChI is InChI=1S/C46H90N2O5/c1-8-14-18-22-24-28-32-42(30-26-20-16-10-3)45(50)52-38-36-48(44(49)41(7)40-47(34-12-5)35-13-6)37-39-53-46(51)43(31-27-21-17-11-4)33-29-25-23-19-15-9-2/h41-43H,8-40H2,1-7H3. The smallest absolute Gasteiger partial charge is 0.308 e. The van der Waals surface area contributed by atoms with Crippen molar-refractivity contribution in [2.45, 2.75) is 215 Å². The van der Waals surface area contributed by atoms with Crippen molar-refractivity contribution in [3.8, 4) is 0 Å². The third kappa shape index (κ3) is 28.4. The van der Waals surface area contributed by atoms with Gasteiger partial charge in [0.15, 0.2) is 0 Å². The Kier molecular flexibility index (Phi) is 36.2. The average molecular weight is 751 g/mol. The minimum absolute atomic E-state index is 0.0423. The van der Waals surface area contributed by atoms with Crippen molar-refractivity contribution in [3.63, 3.8) is 0 Å². The number of hydrogen-bond donors (Lipinski definition) is 0. The molecule has 3 unspecified atom stereocenters. The molecule has 0 fully saturated rings. The second kappa shape index (κ2) is 37.3. The molecule has 0 spiro atoms. The summed E-state index contributed by atoms with van der Waals surface area (Å²) in [5, 5.41) is 0. The van der Waals surface area contributed by atoms with Crippen LogP contribution < -0.4 is 0 Å². The Morgan fingerprint density at radius 3 is 1.09 bits per heavy atom. The zero-order valence-corrected chi connectivity index (χ0v) is 36.5. The SMILES string of the molecule is CCCCCCCCC(CCCCCC)C(=O)OCCN(CCOC(=O)C(CCCCCC)CCCCCCCC)C(=O)C(C)CN(CCC)CCC. The van der Waals surface area contributed by atoms with Crippen molar-refractivity contribution in [1.29, 1.82) is 0 Å². The lowest BCUT2D eigenvalue weighted by atomic mass is 9.94. The molecule has 7 heteroatoms. The third-order valence-corrected chi connectivity index (χ3v) is 10.8. The molecule has 0 aromatic rings. The number of esters is 2. The van der Waals surface area contributed by atoms with E-state index in [4.69, 9.17) is 9.47 Å². The molecule has 7 nitrogen and oxygen atoms in total. The molecule has 3 atom stereocenters. The number of hydrogen-bond acceptors (Lipinski definition) is 6. The number of carbonyl (C=O) groups is 3. The zero-order chi connectivity index (χ0) is 39.4. The van der Waals surface area contributed by atoms with E-state index < -0.39 is 0 Å². The molecular weight excluding hydrogens is 661 g/mol. The highest BCUT2D eigenvalue weighted by Crippen LogP contribution is 2.22. The lowest BCUT2D eigenvalue weighted by molar-refractivity contribution is -0.153. The first-order valence-electron chi connectivity index (χ1n) is 23.1. The van der Waals surface area contributed by atoms with E-state index in [1.54, 1.807) is 4.90 Å². The fraction of sp³-hybridized carbons (Fsp3) is 0.935. The van der Waals surface area contributed by atoms with Gasteiger partial charge < -0.3 is 19.3 Å². The molecule has 1 amide bonds. The molecule has 0 saturated carbocycles. The zero-order valence-electron chi connectivity index (χ0n) is 36.5. The maximum atomic E-state index is 13.9. The van der Waals surface area contributed by atoms with Gasteiger partial charge in [-0.05, 0) is 51.6 Å². The van der Waals surface area contributed by atoms with E-state index in [2.05, 4.69) is 46.4 Å². The fourth-order valence-electron chi connectivity index (χ4n) is 7.52. The van der Waals surface area contributed by atoms with Crippen molar-refractivity contribution in [2.75, 3.05) is 45.9 Å². The Morgan fingerprint density at radius 1 is 0.434 bits per heavy atom. The maximum Gasteiger partial charge on any atom is 0.308 e. The molecule has 0 aromatic heterocycles. The van der Waals surface area contributed by atoms with Crippen molar-refractivity contribution >= 4 is 17.8 Å². The number of amides is 1. The van der Waals surface area contributed by atoms with Crippen molar-refractivity contribution in [2.24, 2.45) is 17.8 Å². The summed E-state index contributed by atoms with van der Waals surface area (Å²) in [6.07, 6.45) is 29.3. The predicted molar refractivity (Wildman–Crippen MR) is 225 cm³/mol. The number of nitrogens with zero attached hydrogens (tertiary/aromatic N) is 2. The molecule has 0 aliphatic carbocycles. The fourth-order valence-corrected chi connectivity index (χ4v) is 7.52. The minimum atomic E-state index is -0.197. The van der Waals surface area contributed by atoms with Crippen LogP contribution in [-0.2, 0) is 23.9 Å². The first-order valence-corrected chi connectivity index (χ1v) is 23.1. The molecule has 0 aliphatic rings. The molecule has 0 radical (unpaired) electrons. The van der Waals surface area contributed by atoms with E-state index in [1.165, 1.54) is 89.9 Å². The van der Waals surface area contributed by atoms with E-state index in [-0.39, 0.29) is 48.8 Å². The quantitative estimate of drug-likeness (QED) is 0.0460. The van der Waals surface area contributed by atoms with Crippen LogP contribution in [0.4, 0.5) is 0 Å². The summed E-state index contributed by atoms with van der Waals surface area (Å²) < 4.78 is 11.9. The number of rotatable bonds is 39. The summed E-state index contributed by atoms with van der Waals surface area (Å²) in [6, 6.07) is 0. The van der Waals surface area contributed by atoms with Gasteiger partial charge in [0.05, 0.1) is 24.9 Å². The number of ether oxygens (including phenoxy) is 2. The predicted octanol–water partition coefficient (Wildman–Crippen LogP) is 12.3. The summed E-state index contributed by atoms with van der Waals surface area (Å²) in [4.78, 5) is 44.9. The second-order valence-electron chi connectivity index (χ2n) is 16.1. The van der Waals surface area contributed by atoms with Gasteiger partial charge in [-0.25, -0.2) is 0 Å². The van der Waals surface area contributed by atoms with Gasteiger partial charge in [0.25, 0.3) is 0 Å². The lowest BCUT2D eigenvalue weighted by Gasteiger charge is -2.29. The van der Waals surface area contributed by atoms with Crippen LogP contribution in [-0.4, -0.2) is 73.6 Å². The van der Waals surface area contributed by atoms with Gasteiger partial charge in [-0.1, -0.05) is 177 Å². The number of unbranched alkanes of at least 4 members (excludes halogenated alkanes) is 16. The van der Waals surface area contributed by atoms with Gasteiger partial charge in [0, 0.05) is 12.5 Å². The minimum Gasteiger partial charge on any atom is -0.464 e. The van der Waals surface area contributed by atoms with Crippen LogP contribution in [0, 0.1) is 17.8 Å². The Hall–Kier alpha value is -1.63. The van der Waals surface area contributed by atoms with Gasteiger partial charge in [-0.15, -0.1) is 0 Å². The van der Waals surface area contributed by atoms with E-state index in [0.29, 0.717) is 19.6 Å². The Bertz CT molecular complexity index is 796. The van der Waals surface area contributed by atoms with E-state index in [9.17, 15) is 14.4 Å². The van der Waals surface area contributed by atoms with Crippen LogP contribution in [0.15, 0.2) is 0 Å². The van der Waals surface area contributed by atoms with Crippen LogP contribution in [0.3, 0.4) is 0 Å². The molecule has 314 valence electrons.